The van der Waals surface area contributed by atoms with E-state index in [0.717, 1.165) is 17.7 Å². The molecule has 0 bridgehead atoms. The number of amides is 1. The second kappa shape index (κ2) is 8.99. The molecule has 1 fully saturated rings. The first kappa shape index (κ1) is 21.2. The first-order valence-corrected chi connectivity index (χ1v) is 11.5. The van der Waals surface area contributed by atoms with E-state index in [0.29, 0.717) is 31.6 Å². The molecule has 2 heterocycles. The Balaban J connectivity index is 1.41. The lowest BCUT2D eigenvalue weighted by Gasteiger charge is -2.21. The Morgan fingerprint density at radius 1 is 0.968 bits per heavy atom. The van der Waals surface area contributed by atoms with E-state index in [1.807, 2.05) is 30.3 Å². The Bertz CT molecular complexity index is 1150. The third kappa shape index (κ3) is 4.83. The minimum atomic E-state index is -3.73. The Morgan fingerprint density at radius 2 is 1.71 bits per heavy atom. The zero-order valence-corrected chi connectivity index (χ0v) is 17.7. The first-order chi connectivity index (χ1) is 14.9. The highest BCUT2D eigenvalue weighted by molar-refractivity contribution is 7.89. The van der Waals surface area contributed by atoms with Gasteiger partial charge in [-0.2, -0.15) is 9.40 Å². The number of hydrogen-bond donors (Lipinski definition) is 0. The van der Waals surface area contributed by atoms with Crippen molar-refractivity contribution in [3.05, 3.63) is 83.9 Å². The van der Waals surface area contributed by atoms with Crippen LogP contribution in [0.1, 0.15) is 22.3 Å². The minimum Gasteiger partial charge on any atom is -0.337 e. The molecule has 162 valence electrons. The lowest BCUT2D eigenvalue weighted by atomic mass is 10.2. The van der Waals surface area contributed by atoms with E-state index in [-0.39, 0.29) is 23.9 Å². The van der Waals surface area contributed by atoms with Gasteiger partial charge in [-0.15, -0.1) is 0 Å². The molecule has 9 heteroatoms. The molecule has 0 N–H and O–H groups in total. The molecule has 1 aromatic heterocycles. The summed E-state index contributed by atoms with van der Waals surface area (Å²) in [6.45, 7) is 1.79. The normalized spacial score (nSPS) is 15.6. The Kier molecular flexibility index (Phi) is 6.15. The maximum absolute atomic E-state index is 13.1. The molecule has 0 unspecified atom stereocenters. The number of aromatic nitrogens is 2. The highest BCUT2D eigenvalue weighted by Gasteiger charge is 2.29. The predicted octanol–water partition coefficient (Wildman–Crippen LogP) is 2.61. The van der Waals surface area contributed by atoms with Gasteiger partial charge >= 0.3 is 0 Å². The number of benzene rings is 2. The summed E-state index contributed by atoms with van der Waals surface area (Å²) in [6.07, 6.45) is 3.78. The molecule has 0 radical (unpaired) electrons. The van der Waals surface area contributed by atoms with Crippen molar-refractivity contribution >= 4 is 15.9 Å². The maximum Gasteiger partial charge on any atom is 0.257 e. The zero-order valence-electron chi connectivity index (χ0n) is 16.9. The minimum absolute atomic E-state index is 0.0517. The number of rotatable bonds is 5. The van der Waals surface area contributed by atoms with Gasteiger partial charge in [0.05, 0.1) is 23.2 Å². The first-order valence-electron chi connectivity index (χ1n) is 10.0. The molecule has 3 aromatic rings. The standard InChI is InChI=1S/C22H23FN4O3S/c23-20-7-9-21(10-8-20)31(29,30)27-12-4-11-25(13-14-27)22(28)19-15-24-26(17-19)16-18-5-2-1-3-6-18/h1-3,5-10,15,17H,4,11-14,16H2. The van der Waals surface area contributed by atoms with Crippen molar-refractivity contribution in [3.63, 3.8) is 0 Å². The topological polar surface area (TPSA) is 75.5 Å². The number of hydrogen-bond acceptors (Lipinski definition) is 4. The molecule has 2 aromatic carbocycles. The van der Waals surface area contributed by atoms with Crippen molar-refractivity contribution in [1.82, 2.24) is 19.0 Å². The van der Waals surface area contributed by atoms with Crippen molar-refractivity contribution < 1.29 is 17.6 Å². The summed E-state index contributed by atoms with van der Waals surface area (Å²) in [4.78, 5) is 14.7. The predicted molar refractivity (Wildman–Crippen MR) is 113 cm³/mol. The summed E-state index contributed by atoms with van der Waals surface area (Å²) in [5.41, 5.74) is 1.56. The van der Waals surface area contributed by atoms with Gasteiger partial charge in [-0.3, -0.25) is 9.48 Å². The van der Waals surface area contributed by atoms with E-state index in [9.17, 15) is 17.6 Å². The number of halogens is 1. The third-order valence-electron chi connectivity index (χ3n) is 5.26. The Hall–Kier alpha value is -3.04. The lowest BCUT2D eigenvalue weighted by Crippen LogP contribution is -2.37. The summed E-state index contributed by atoms with van der Waals surface area (Å²) < 4.78 is 41.9. The van der Waals surface area contributed by atoms with Crippen LogP contribution in [0.3, 0.4) is 0 Å². The molecule has 31 heavy (non-hydrogen) atoms. The molecule has 1 aliphatic rings. The second-order valence-corrected chi connectivity index (χ2v) is 9.35. The molecular formula is C22H23FN4O3S. The van der Waals surface area contributed by atoms with Crippen molar-refractivity contribution in [1.29, 1.82) is 0 Å². The summed E-state index contributed by atoms with van der Waals surface area (Å²) in [7, 11) is -3.73. The van der Waals surface area contributed by atoms with E-state index in [1.165, 1.54) is 16.4 Å². The van der Waals surface area contributed by atoms with Crippen molar-refractivity contribution in [2.75, 3.05) is 26.2 Å². The fourth-order valence-electron chi connectivity index (χ4n) is 3.61. The molecule has 1 saturated heterocycles. The van der Waals surface area contributed by atoms with Crippen LogP contribution in [0.25, 0.3) is 0 Å². The summed E-state index contributed by atoms with van der Waals surface area (Å²) in [6, 6.07) is 14.6. The molecule has 0 atom stereocenters. The van der Waals surface area contributed by atoms with E-state index in [4.69, 9.17) is 0 Å². The van der Waals surface area contributed by atoms with Crippen molar-refractivity contribution in [2.45, 2.75) is 17.9 Å². The SMILES string of the molecule is O=C(c1cnn(Cc2ccccc2)c1)N1CCCN(S(=O)(=O)c2ccc(F)cc2)CC1. The average molecular weight is 443 g/mol. The average Bonchev–Trinajstić information content (AvgIpc) is 3.08. The number of sulfonamides is 1. The molecule has 7 nitrogen and oxygen atoms in total. The fourth-order valence-corrected chi connectivity index (χ4v) is 5.08. The van der Waals surface area contributed by atoms with Crippen LogP contribution in [-0.2, 0) is 16.6 Å². The van der Waals surface area contributed by atoms with Crippen LogP contribution < -0.4 is 0 Å². The lowest BCUT2D eigenvalue weighted by molar-refractivity contribution is 0.0764. The van der Waals surface area contributed by atoms with Gasteiger partial charge < -0.3 is 4.90 Å². The number of nitrogens with zero attached hydrogens (tertiary/aromatic N) is 4. The quantitative estimate of drug-likeness (QED) is 0.609. The molecule has 0 spiro atoms. The van der Waals surface area contributed by atoms with Crippen LogP contribution in [0.4, 0.5) is 4.39 Å². The monoisotopic (exact) mass is 442 g/mol. The number of carbonyl (C=O) groups is 1. The Morgan fingerprint density at radius 3 is 2.45 bits per heavy atom. The van der Waals surface area contributed by atoms with Crippen LogP contribution in [-0.4, -0.2) is 59.5 Å². The van der Waals surface area contributed by atoms with Gasteiger partial charge in [0.15, 0.2) is 0 Å². The van der Waals surface area contributed by atoms with Gasteiger partial charge in [-0.25, -0.2) is 12.8 Å². The number of carbonyl (C=O) groups excluding carboxylic acids is 1. The van der Waals surface area contributed by atoms with Crippen molar-refractivity contribution in [2.24, 2.45) is 0 Å². The van der Waals surface area contributed by atoms with E-state index in [2.05, 4.69) is 5.10 Å². The van der Waals surface area contributed by atoms with E-state index < -0.39 is 15.8 Å². The zero-order chi connectivity index (χ0) is 21.8. The fraction of sp³-hybridized carbons (Fsp3) is 0.273. The maximum atomic E-state index is 13.1. The van der Waals surface area contributed by atoms with Gasteiger partial charge in [0.25, 0.3) is 5.91 Å². The van der Waals surface area contributed by atoms with Crippen LogP contribution in [0.5, 0.6) is 0 Å². The molecule has 1 amide bonds. The molecule has 4 rings (SSSR count). The van der Waals surface area contributed by atoms with Crippen molar-refractivity contribution in [3.8, 4) is 0 Å². The molecule has 0 saturated carbocycles. The summed E-state index contributed by atoms with van der Waals surface area (Å²) >= 11 is 0. The second-order valence-electron chi connectivity index (χ2n) is 7.42. The van der Waals surface area contributed by atoms with Gasteiger partial charge in [-0.1, -0.05) is 30.3 Å². The van der Waals surface area contributed by atoms with E-state index >= 15 is 0 Å². The smallest absolute Gasteiger partial charge is 0.257 e. The summed E-state index contributed by atoms with van der Waals surface area (Å²) in [5, 5.41) is 4.28. The van der Waals surface area contributed by atoms with Crippen LogP contribution in [0, 0.1) is 5.82 Å². The van der Waals surface area contributed by atoms with Crippen LogP contribution in [0.15, 0.2) is 71.9 Å². The molecular weight excluding hydrogens is 419 g/mol. The van der Waals surface area contributed by atoms with E-state index in [1.54, 1.807) is 22.0 Å². The molecule has 1 aliphatic heterocycles. The molecule has 0 aliphatic carbocycles. The van der Waals surface area contributed by atoms with Gasteiger partial charge in [0, 0.05) is 32.4 Å². The van der Waals surface area contributed by atoms with Gasteiger partial charge in [-0.05, 0) is 36.2 Å². The highest BCUT2D eigenvalue weighted by Crippen LogP contribution is 2.19. The van der Waals surface area contributed by atoms with Gasteiger partial charge in [0.2, 0.25) is 10.0 Å². The summed E-state index contributed by atoms with van der Waals surface area (Å²) in [5.74, 6) is -0.653. The highest BCUT2D eigenvalue weighted by atomic mass is 32.2. The van der Waals surface area contributed by atoms with Crippen LogP contribution >= 0.6 is 0 Å². The van der Waals surface area contributed by atoms with Gasteiger partial charge in [0.1, 0.15) is 5.82 Å². The van der Waals surface area contributed by atoms with Crippen LogP contribution in [0.2, 0.25) is 0 Å². The largest absolute Gasteiger partial charge is 0.337 e. The Labute approximate surface area is 180 Å². The third-order valence-corrected chi connectivity index (χ3v) is 7.17.